The molecule has 1 aromatic heterocycles. The molecule has 1 aliphatic rings. The Kier molecular flexibility index (Phi) is 2.85. The molecule has 0 saturated carbocycles. The Balaban J connectivity index is 2.03. The molecule has 0 unspecified atom stereocenters. The van der Waals surface area contributed by atoms with Gasteiger partial charge in [-0.25, -0.2) is 0 Å². The number of nitrogens with two attached hydrogens (primary N) is 1. The third-order valence-corrected chi connectivity index (χ3v) is 3.64. The van der Waals surface area contributed by atoms with Gasteiger partial charge >= 0.3 is 0 Å². The summed E-state index contributed by atoms with van der Waals surface area (Å²) >= 11 is 1.63. The molecule has 2 aromatic rings. The second kappa shape index (κ2) is 4.51. The van der Waals surface area contributed by atoms with Crippen molar-refractivity contribution in [3.8, 4) is 17.2 Å². The molecule has 1 aromatic carbocycles. The van der Waals surface area contributed by atoms with Crippen molar-refractivity contribution in [1.82, 2.24) is 0 Å². The number of rotatable bonds is 3. The first kappa shape index (κ1) is 11.4. The van der Waals surface area contributed by atoms with Gasteiger partial charge in [-0.15, -0.1) is 0 Å². The van der Waals surface area contributed by atoms with Gasteiger partial charge in [0.1, 0.15) is 0 Å². The third-order valence-electron chi connectivity index (χ3n) is 2.94. The summed E-state index contributed by atoms with van der Waals surface area (Å²) in [5.41, 5.74) is 8.27. The highest BCUT2D eigenvalue weighted by atomic mass is 32.1. The molecule has 0 aliphatic carbocycles. The first-order valence-electron chi connectivity index (χ1n) is 5.55. The summed E-state index contributed by atoms with van der Waals surface area (Å²) in [5.74, 6) is 2.00. The van der Waals surface area contributed by atoms with Crippen molar-refractivity contribution in [1.29, 1.82) is 0 Å². The Labute approximate surface area is 109 Å². The fourth-order valence-corrected chi connectivity index (χ4v) is 2.67. The Morgan fingerprint density at radius 2 is 2.22 bits per heavy atom. The molecule has 2 heterocycles. The molecule has 0 fully saturated rings. The van der Waals surface area contributed by atoms with E-state index in [9.17, 15) is 0 Å². The Bertz CT molecular complexity index is 554. The number of hydrogen-bond acceptors (Lipinski definition) is 5. The molecule has 1 aliphatic heterocycles. The second-order valence-corrected chi connectivity index (χ2v) is 4.77. The van der Waals surface area contributed by atoms with Crippen molar-refractivity contribution in [3.63, 3.8) is 0 Å². The van der Waals surface area contributed by atoms with Gasteiger partial charge in [-0.3, -0.25) is 0 Å². The van der Waals surface area contributed by atoms with Gasteiger partial charge in [-0.05, 0) is 40.1 Å². The maximum atomic E-state index is 6.23. The maximum Gasteiger partial charge on any atom is 0.231 e. The largest absolute Gasteiger partial charge is 0.493 e. The van der Waals surface area contributed by atoms with Crippen molar-refractivity contribution in [2.24, 2.45) is 5.73 Å². The van der Waals surface area contributed by atoms with E-state index in [-0.39, 0.29) is 12.8 Å². The van der Waals surface area contributed by atoms with Crippen LogP contribution >= 0.6 is 11.3 Å². The quantitative estimate of drug-likeness (QED) is 0.924. The number of methoxy groups -OCH3 is 1. The zero-order valence-electron chi connectivity index (χ0n) is 9.88. The third kappa shape index (κ3) is 1.81. The van der Waals surface area contributed by atoms with E-state index in [1.807, 2.05) is 29.0 Å². The number of fused-ring (bicyclic) bond motifs is 1. The molecule has 0 saturated heterocycles. The number of benzene rings is 1. The van der Waals surface area contributed by atoms with Crippen molar-refractivity contribution in [2.75, 3.05) is 13.9 Å². The molecule has 0 bridgehead atoms. The van der Waals surface area contributed by atoms with E-state index in [1.165, 1.54) is 0 Å². The fraction of sp³-hybridized carbons (Fsp3) is 0.231. The van der Waals surface area contributed by atoms with Crippen LogP contribution in [0.25, 0.3) is 0 Å². The van der Waals surface area contributed by atoms with Crippen LogP contribution in [0.1, 0.15) is 17.2 Å². The first-order valence-corrected chi connectivity index (χ1v) is 6.49. The van der Waals surface area contributed by atoms with Crippen molar-refractivity contribution in [2.45, 2.75) is 6.04 Å². The van der Waals surface area contributed by atoms with Gasteiger partial charge in [-0.2, -0.15) is 11.3 Å². The molecular weight excluding hydrogens is 250 g/mol. The molecular formula is C13H13NO3S. The average molecular weight is 263 g/mol. The Morgan fingerprint density at radius 3 is 2.94 bits per heavy atom. The second-order valence-electron chi connectivity index (χ2n) is 3.99. The highest BCUT2D eigenvalue weighted by Gasteiger charge is 2.22. The molecule has 0 amide bonds. The van der Waals surface area contributed by atoms with Crippen molar-refractivity contribution >= 4 is 11.3 Å². The van der Waals surface area contributed by atoms with Crippen molar-refractivity contribution < 1.29 is 14.2 Å². The van der Waals surface area contributed by atoms with E-state index in [4.69, 9.17) is 19.9 Å². The Hall–Kier alpha value is -1.72. The highest BCUT2D eigenvalue weighted by molar-refractivity contribution is 7.08. The van der Waals surface area contributed by atoms with Crippen LogP contribution in [0.15, 0.2) is 29.0 Å². The van der Waals surface area contributed by atoms with E-state index in [2.05, 4.69) is 0 Å². The summed E-state index contributed by atoms with van der Waals surface area (Å²) in [6, 6.07) is 5.65. The minimum Gasteiger partial charge on any atom is -0.493 e. The van der Waals surface area contributed by atoms with Gasteiger partial charge < -0.3 is 19.9 Å². The standard InChI is InChI=1S/C13H13NO3S/c1-15-10-4-9(5-11-13(10)17-7-16-11)12(14)8-2-3-18-6-8/h2-6,12H,7,14H2,1H3/t12-/m1/s1. The predicted molar refractivity (Wildman–Crippen MR) is 69.5 cm³/mol. The van der Waals surface area contributed by atoms with Crippen LogP contribution in [0.5, 0.6) is 17.2 Å². The molecule has 3 rings (SSSR count). The van der Waals surface area contributed by atoms with Gasteiger partial charge in [0.2, 0.25) is 12.5 Å². The van der Waals surface area contributed by atoms with Crippen LogP contribution in [0.2, 0.25) is 0 Å². The number of thiophene rings is 1. The Morgan fingerprint density at radius 1 is 1.33 bits per heavy atom. The van der Waals surface area contributed by atoms with Gasteiger partial charge in [0.15, 0.2) is 11.5 Å². The summed E-state index contributed by atoms with van der Waals surface area (Å²) in [6.45, 7) is 0.225. The van der Waals surface area contributed by atoms with E-state index >= 15 is 0 Å². The van der Waals surface area contributed by atoms with Gasteiger partial charge in [0.25, 0.3) is 0 Å². The predicted octanol–water partition coefficient (Wildman–Crippen LogP) is 2.53. The van der Waals surface area contributed by atoms with Crippen LogP contribution in [-0.4, -0.2) is 13.9 Å². The molecule has 5 heteroatoms. The van der Waals surface area contributed by atoms with Crippen molar-refractivity contribution in [3.05, 3.63) is 40.1 Å². The molecule has 0 spiro atoms. The monoisotopic (exact) mass is 263 g/mol. The first-order chi connectivity index (χ1) is 8.79. The average Bonchev–Trinajstić information content (AvgIpc) is 3.07. The smallest absolute Gasteiger partial charge is 0.231 e. The minimum absolute atomic E-state index is 0.181. The summed E-state index contributed by atoms with van der Waals surface area (Å²) in [5, 5.41) is 4.06. The van der Waals surface area contributed by atoms with Gasteiger partial charge in [-0.1, -0.05) is 0 Å². The maximum absolute atomic E-state index is 6.23. The highest BCUT2D eigenvalue weighted by Crippen LogP contribution is 2.43. The molecule has 1 atom stereocenters. The van der Waals surface area contributed by atoms with Crippen LogP contribution in [0, 0.1) is 0 Å². The number of hydrogen-bond donors (Lipinski definition) is 1. The lowest BCUT2D eigenvalue weighted by Gasteiger charge is -2.13. The lowest BCUT2D eigenvalue weighted by molar-refractivity contribution is 0.171. The summed E-state index contributed by atoms with van der Waals surface area (Å²) in [7, 11) is 1.61. The van der Waals surface area contributed by atoms with Gasteiger partial charge in [0.05, 0.1) is 13.2 Å². The molecule has 0 radical (unpaired) electrons. The minimum atomic E-state index is -0.181. The fourth-order valence-electron chi connectivity index (χ4n) is 1.97. The SMILES string of the molecule is COc1cc([C@H](N)c2ccsc2)cc2c1OCO2. The van der Waals surface area contributed by atoms with Crippen LogP contribution < -0.4 is 19.9 Å². The topological polar surface area (TPSA) is 53.7 Å². The van der Waals surface area contributed by atoms with E-state index in [0.717, 1.165) is 11.1 Å². The van der Waals surface area contributed by atoms with E-state index in [0.29, 0.717) is 17.2 Å². The normalized spacial score (nSPS) is 14.6. The number of ether oxygens (including phenoxy) is 3. The molecule has 2 N–H and O–H groups in total. The molecule has 4 nitrogen and oxygen atoms in total. The summed E-state index contributed by atoms with van der Waals surface area (Å²) in [6.07, 6.45) is 0. The van der Waals surface area contributed by atoms with Crippen LogP contribution in [-0.2, 0) is 0 Å². The lowest BCUT2D eigenvalue weighted by atomic mass is 10.0. The van der Waals surface area contributed by atoms with Crippen LogP contribution in [0.4, 0.5) is 0 Å². The summed E-state index contributed by atoms with van der Waals surface area (Å²) < 4.78 is 16.1. The van der Waals surface area contributed by atoms with Gasteiger partial charge in [0, 0.05) is 0 Å². The van der Waals surface area contributed by atoms with E-state index < -0.39 is 0 Å². The lowest BCUT2D eigenvalue weighted by Crippen LogP contribution is -2.11. The zero-order chi connectivity index (χ0) is 12.5. The zero-order valence-corrected chi connectivity index (χ0v) is 10.7. The van der Waals surface area contributed by atoms with Crippen LogP contribution in [0.3, 0.4) is 0 Å². The summed E-state index contributed by atoms with van der Waals surface area (Å²) in [4.78, 5) is 0. The van der Waals surface area contributed by atoms with E-state index in [1.54, 1.807) is 18.4 Å². The molecule has 94 valence electrons. The molecule has 18 heavy (non-hydrogen) atoms.